The van der Waals surface area contributed by atoms with Gasteiger partial charge in [-0.3, -0.25) is 9.59 Å². The molecule has 7 heteroatoms. The second kappa shape index (κ2) is 6.93. The van der Waals surface area contributed by atoms with Gasteiger partial charge in [-0.15, -0.1) is 11.3 Å². The molecule has 24 heavy (non-hydrogen) atoms. The summed E-state index contributed by atoms with van der Waals surface area (Å²) in [5, 5.41) is 5.47. The summed E-state index contributed by atoms with van der Waals surface area (Å²) in [7, 11) is 1.79. The molecule has 2 atom stereocenters. The van der Waals surface area contributed by atoms with E-state index in [1.54, 1.807) is 12.4 Å². The van der Waals surface area contributed by atoms with Crippen LogP contribution in [0.1, 0.15) is 37.2 Å². The van der Waals surface area contributed by atoms with Crippen molar-refractivity contribution in [1.29, 1.82) is 0 Å². The third kappa shape index (κ3) is 3.31. The predicted molar refractivity (Wildman–Crippen MR) is 95.2 cm³/mol. The third-order valence-corrected chi connectivity index (χ3v) is 5.57. The first kappa shape index (κ1) is 17.0. The van der Waals surface area contributed by atoms with Crippen molar-refractivity contribution in [2.24, 2.45) is 5.92 Å². The SMILES string of the molecule is CNc1nc(C(=O)N2C[C@@H]3CC[C@H](C2)N(CC=C(C)C)C3=O)cs1. The number of piperidine rings is 1. The van der Waals surface area contributed by atoms with E-state index in [0.29, 0.717) is 25.3 Å². The Kier molecular flexibility index (Phi) is 4.89. The number of allylic oxidation sites excluding steroid dienone is 1. The van der Waals surface area contributed by atoms with Gasteiger partial charge >= 0.3 is 0 Å². The zero-order chi connectivity index (χ0) is 17.3. The van der Waals surface area contributed by atoms with E-state index in [4.69, 9.17) is 0 Å². The predicted octanol–water partition coefficient (Wildman–Crippen LogP) is 2.21. The van der Waals surface area contributed by atoms with Crippen LogP contribution < -0.4 is 5.32 Å². The molecule has 1 aromatic heterocycles. The number of fused-ring (bicyclic) bond motifs is 4. The number of carbonyl (C=O) groups excluding carboxylic acids is 2. The van der Waals surface area contributed by atoms with E-state index < -0.39 is 0 Å². The fourth-order valence-corrected chi connectivity index (χ4v) is 4.02. The van der Waals surface area contributed by atoms with E-state index in [1.165, 1.54) is 16.9 Å². The Morgan fingerprint density at radius 2 is 2.21 bits per heavy atom. The maximum absolute atomic E-state index is 12.8. The average molecular weight is 348 g/mol. The van der Waals surface area contributed by atoms with Crippen LogP contribution in [0.15, 0.2) is 17.0 Å². The lowest BCUT2D eigenvalue weighted by Gasteiger charge is -2.35. The van der Waals surface area contributed by atoms with Crippen molar-refractivity contribution in [3.05, 3.63) is 22.7 Å². The topological polar surface area (TPSA) is 65.5 Å². The van der Waals surface area contributed by atoms with Crippen molar-refractivity contribution in [1.82, 2.24) is 14.8 Å². The van der Waals surface area contributed by atoms with Crippen LogP contribution in [0.4, 0.5) is 5.13 Å². The van der Waals surface area contributed by atoms with Gasteiger partial charge in [0.2, 0.25) is 5.91 Å². The molecule has 0 radical (unpaired) electrons. The molecule has 0 aliphatic carbocycles. The number of anilines is 1. The molecule has 4 rings (SSSR count). The molecular weight excluding hydrogens is 324 g/mol. The van der Waals surface area contributed by atoms with Gasteiger partial charge in [-0.05, 0) is 26.7 Å². The number of nitrogens with zero attached hydrogens (tertiary/aromatic N) is 3. The summed E-state index contributed by atoms with van der Waals surface area (Å²) in [6.45, 7) is 5.83. The quantitative estimate of drug-likeness (QED) is 0.848. The Balaban J connectivity index is 1.77. The van der Waals surface area contributed by atoms with E-state index in [0.717, 1.165) is 18.0 Å². The molecular formula is C17H24N4O2S. The Labute approximate surface area is 146 Å². The largest absolute Gasteiger partial charge is 0.365 e. The van der Waals surface area contributed by atoms with E-state index in [1.807, 2.05) is 23.6 Å². The van der Waals surface area contributed by atoms with Gasteiger partial charge < -0.3 is 15.1 Å². The molecule has 0 saturated carbocycles. The molecule has 0 aromatic carbocycles. The highest BCUT2D eigenvalue weighted by molar-refractivity contribution is 7.13. The van der Waals surface area contributed by atoms with Crippen LogP contribution in [-0.4, -0.2) is 59.3 Å². The smallest absolute Gasteiger partial charge is 0.273 e. The van der Waals surface area contributed by atoms with E-state index >= 15 is 0 Å². The second-order valence-corrected chi connectivity index (χ2v) is 7.56. The Morgan fingerprint density at radius 3 is 2.88 bits per heavy atom. The van der Waals surface area contributed by atoms with Crippen molar-refractivity contribution < 1.29 is 9.59 Å². The summed E-state index contributed by atoms with van der Waals surface area (Å²) in [5.41, 5.74) is 1.67. The molecule has 1 N–H and O–H groups in total. The summed E-state index contributed by atoms with van der Waals surface area (Å²) < 4.78 is 0. The fourth-order valence-electron chi connectivity index (χ4n) is 3.38. The van der Waals surface area contributed by atoms with Crippen molar-refractivity contribution in [3.63, 3.8) is 0 Å². The molecule has 3 fully saturated rings. The van der Waals surface area contributed by atoms with Gasteiger partial charge in [0, 0.05) is 38.1 Å². The van der Waals surface area contributed by atoms with Gasteiger partial charge in [-0.25, -0.2) is 4.98 Å². The van der Waals surface area contributed by atoms with Crippen molar-refractivity contribution >= 4 is 28.3 Å². The molecule has 3 saturated heterocycles. The van der Waals surface area contributed by atoms with Crippen molar-refractivity contribution in [2.75, 3.05) is 32.0 Å². The van der Waals surface area contributed by atoms with Gasteiger partial charge in [-0.1, -0.05) is 11.6 Å². The molecule has 3 aliphatic heterocycles. The van der Waals surface area contributed by atoms with Gasteiger partial charge in [-0.2, -0.15) is 0 Å². The van der Waals surface area contributed by atoms with Crippen LogP contribution in [-0.2, 0) is 4.79 Å². The Bertz CT molecular complexity index is 665. The standard InChI is InChI=1S/C17H24N4O2S/c1-11(2)6-7-21-13-5-4-12(15(21)22)8-20(9-13)16(23)14-10-24-17(18-3)19-14/h6,10,12-13H,4-5,7-9H2,1-3H3,(H,18,19)/t12-,13+/m0/s1. The number of rotatable bonds is 4. The van der Waals surface area contributed by atoms with Gasteiger partial charge in [0.1, 0.15) is 5.69 Å². The third-order valence-electron chi connectivity index (χ3n) is 4.71. The van der Waals surface area contributed by atoms with Gasteiger partial charge in [0.15, 0.2) is 5.13 Å². The minimum Gasteiger partial charge on any atom is -0.365 e. The molecule has 3 aliphatic rings. The molecule has 6 nitrogen and oxygen atoms in total. The van der Waals surface area contributed by atoms with Crippen LogP contribution in [0.3, 0.4) is 0 Å². The number of aromatic nitrogens is 1. The van der Waals surface area contributed by atoms with Crippen LogP contribution >= 0.6 is 11.3 Å². The monoisotopic (exact) mass is 348 g/mol. The first-order valence-electron chi connectivity index (χ1n) is 8.36. The van der Waals surface area contributed by atoms with E-state index in [-0.39, 0.29) is 23.8 Å². The zero-order valence-corrected chi connectivity index (χ0v) is 15.2. The van der Waals surface area contributed by atoms with Crippen LogP contribution in [0, 0.1) is 5.92 Å². The van der Waals surface area contributed by atoms with Gasteiger partial charge in [0.05, 0.1) is 5.92 Å². The molecule has 1 aromatic rings. The number of carbonyl (C=O) groups is 2. The first-order valence-corrected chi connectivity index (χ1v) is 9.24. The fraction of sp³-hybridized carbons (Fsp3) is 0.588. The summed E-state index contributed by atoms with van der Waals surface area (Å²) in [6.07, 6.45) is 3.93. The normalized spacial score (nSPS) is 23.2. The number of amides is 2. The van der Waals surface area contributed by atoms with Crippen molar-refractivity contribution in [3.8, 4) is 0 Å². The number of hydrogen-bond donors (Lipinski definition) is 1. The molecule has 130 valence electrons. The highest BCUT2D eigenvalue weighted by Crippen LogP contribution is 2.30. The van der Waals surface area contributed by atoms with E-state index in [9.17, 15) is 9.59 Å². The Morgan fingerprint density at radius 1 is 1.42 bits per heavy atom. The molecule has 4 heterocycles. The highest BCUT2D eigenvalue weighted by Gasteiger charge is 2.41. The Hall–Kier alpha value is -1.89. The lowest BCUT2D eigenvalue weighted by Crippen LogP contribution is -2.48. The summed E-state index contributed by atoms with van der Waals surface area (Å²) in [4.78, 5) is 33.6. The highest BCUT2D eigenvalue weighted by atomic mass is 32.1. The summed E-state index contributed by atoms with van der Waals surface area (Å²) in [6, 6.07) is 0.109. The summed E-state index contributed by atoms with van der Waals surface area (Å²) in [5.74, 6) is 0.0374. The zero-order valence-electron chi connectivity index (χ0n) is 14.4. The first-order chi connectivity index (χ1) is 11.5. The van der Waals surface area contributed by atoms with Gasteiger partial charge in [0.25, 0.3) is 5.91 Å². The lowest BCUT2D eigenvalue weighted by molar-refractivity contribution is -0.139. The number of thiazole rings is 1. The van der Waals surface area contributed by atoms with Crippen LogP contribution in [0.2, 0.25) is 0 Å². The van der Waals surface area contributed by atoms with Crippen LogP contribution in [0.25, 0.3) is 0 Å². The second-order valence-electron chi connectivity index (χ2n) is 6.70. The van der Waals surface area contributed by atoms with E-state index in [2.05, 4.69) is 16.4 Å². The molecule has 0 unspecified atom stereocenters. The van der Waals surface area contributed by atoms with Crippen LogP contribution in [0.5, 0.6) is 0 Å². The number of hydrogen-bond acceptors (Lipinski definition) is 5. The molecule has 2 amide bonds. The molecule has 0 spiro atoms. The maximum Gasteiger partial charge on any atom is 0.273 e. The minimum absolute atomic E-state index is 0.0680. The number of nitrogens with one attached hydrogen (secondary N) is 1. The minimum atomic E-state index is -0.0827. The average Bonchev–Trinajstić information content (AvgIpc) is 2.88. The molecule has 2 bridgehead atoms. The van der Waals surface area contributed by atoms with Crippen molar-refractivity contribution in [2.45, 2.75) is 32.7 Å². The lowest BCUT2D eigenvalue weighted by atomic mass is 9.94. The maximum atomic E-state index is 12.8. The summed E-state index contributed by atoms with van der Waals surface area (Å²) >= 11 is 1.42.